The molecule has 1 aliphatic carbocycles. The van der Waals surface area contributed by atoms with Crippen LogP contribution in [0.25, 0.3) is 11.0 Å². The van der Waals surface area contributed by atoms with Gasteiger partial charge in [-0.25, -0.2) is 4.98 Å². The van der Waals surface area contributed by atoms with Crippen molar-refractivity contribution in [3.05, 3.63) is 65.1 Å². The lowest BCUT2D eigenvalue weighted by Crippen LogP contribution is -2.24. The summed E-state index contributed by atoms with van der Waals surface area (Å²) < 4.78 is 2.03. The number of halogens is 4. The van der Waals surface area contributed by atoms with Gasteiger partial charge in [0, 0.05) is 21.5 Å². The lowest BCUT2D eigenvalue weighted by molar-refractivity contribution is 0.585. The fourth-order valence-electron chi connectivity index (χ4n) is 3.38. The van der Waals surface area contributed by atoms with E-state index in [1.807, 2.05) is 0 Å². The van der Waals surface area contributed by atoms with Gasteiger partial charge < -0.3 is 0 Å². The number of aromatic nitrogens is 3. The number of allylic oxidation sites excluding steroid dienone is 1. The summed E-state index contributed by atoms with van der Waals surface area (Å²) in [5.41, 5.74) is 0.299. The van der Waals surface area contributed by atoms with Crippen LogP contribution in [0, 0.1) is 11.3 Å². The van der Waals surface area contributed by atoms with Gasteiger partial charge in [0.2, 0.25) is 4.96 Å². The number of nitrogens with zero attached hydrogens (tertiary/aromatic N) is 3. The highest BCUT2D eigenvalue weighted by molar-refractivity contribution is 7.15. The quantitative estimate of drug-likeness (QED) is 0.548. The van der Waals surface area contributed by atoms with Crippen molar-refractivity contribution in [2.24, 2.45) is 11.3 Å². The molecule has 0 bridgehead atoms. The fraction of sp³-hybridized carbons (Fsp3) is 0.278. The van der Waals surface area contributed by atoms with E-state index in [2.05, 4.69) is 23.9 Å². The Labute approximate surface area is 179 Å². The van der Waals surface area contributed by atoms with Crippen molar-refractivity contribution >= 4 is 68.8 Å². The number of hydrogen-bond acceptors (Lipinski definition) is 4. The number of rotatable bonds is 3. The second kappa shape index (κ2) is 6.75. The molecule has 0 radical (unpaired) electrons. The van der Waals surface area contributed by atoms with Crippen LogP contribution in [0.15, 0.2) is 33.6 Å². The standard InChI is InChI=1S/C18H13Cl4N3OS/c1-18(2)9(7-13(21)22)14(18)15-23-17-25(24-15)16(26)12(27-17)6-8-10(19)4-3-5-11(8)20/h3-7,9,14H,1-2H3/b12-6-/t9-,14-/m1/s1. The van der Waals surface area contributed by atoms with Gasteiger partial charge in [0.1, 0.15) is 4.49 Å². The maximum atomic E-state index is 12.7. The average Bonchev–Trinajstić information content (AvgIpc) is 2.86. The molecule has 1 saturated carbocycles. The van der Waals surface area contributed by atoms with Crippen molar-refractivity contribution in [3.63, 3.8) is 0 Å². The molecule has 0 spiro atoms. The topological polar surface area (TPSA) is 47.3 Å². The molecule has 0 N–H and O–H groups in total. The molecule has 1 aromatic carbocycles. The van der Waals surface area contributed by atoms with Gasteiger partial charge in [-0.05, 0) is 35.6 Å². The molecule has 0 unspecified atom stereocenters. The van der Waals surface area contributed by atoms with E-state index in [4.69, 9.17) is 46.4 Å². The van der Waals surface area contributed by atoms with Crippen molar-refractivity contribution in [1.29, 1.82) is 0 Å². The molecule has 0 aliphatic heterocycles. The molecule has 4 rings (SSSR count). The second-order valence-corrected chi connectivity index (χ2v) is 9.83. The van der Waals surface area contributed by atoms with Crippen molar-refractivity contribution in [2.45, 2.75) is 19.8 Å². The molecule has 1 fully saturated rings. The molecule has 2 heterocycles. The van der Waals surface area contributed by atoms with Crippen LogP contribution < -0.4 is 10.1 Å². The number of hydrogen-bond donors (Lipinski definition) is 0. The third kappa shape index (κ3) is 3.30. The first-order valence-corrected chi connectivity index (χ1v) is 10.4. The van der Waals surface area contributed by atoms with E-state index in [-0.39, 0.29) is 27.3 Å². The zero-order chi connectivity index (χ0) is 19.5. The van der Waals surface area contributed by atoms with Gasteiger partial charge in [-0.3, -0.25) is 4.79 Å². The molecule has 2 aromatic heterocycles. The summed E-state index contributed by atoms with van der Waals surface area (Å²) >= 11 is 25.2. The highest BCUT2D eigenvalue weighted by Crippen LogP contribution is 2.64. The fourth-order valence-corrected chi connectivity index (χ4v) is 5.05. The third-order valence-electron chi connectivity index (χ3n) is 4.97. The average molecular weight is 461 g/mol. The Morgan fingerprint density at radius 2 is 1.93 bits per heavy atom. The van der Waals surface area contributed by atoms with Crippen LogP contribution in [0.2, 0.25) is 10.0 Å². The van der Waals surface area contributed by atoms with E-state index in [1.54, 1.807) is 30.4 Å². The van der Waals surface area contributed by atoms with E-state index >= 15 is 0 Å². The number of benzene rings is 1. The number of thiazole rings is 1. The minimum atomic E-state index is -0.245. The summed E-state index contributed by atoms with van der Waals surface area (Å²) in [5.74, 6) is 0.839. The molecule has 140 valence electrons. The molecule has 0 amide bonds. The van der Waals surface area contributed by atoms with Gasteiger partial charge in [-0.2, -0.15) is 4.52 Å². The first-order chi connectivity index (χ1) is 12.7. The van der Waals surface area contributed by atoms with Crippen molar-refractivity contribution in [1.82, 2.24) is 14.6 Å². The first-order valence-electron chi connectivity index (χ1n) is 8.08. The summed E-state index contributed by atoms with van der Waals surface area (Å²) in [5, 5.41) is 5.40. The van der Waals surface area contributed by atoms with Gasteiger partial charge in [0.25, 0.3) is 5.56 Å². The van der Waals surface area contributed by atoms with E-state index in [1.165, 1.54) is 15.9 Å². The molecule has 27 heavy (non-hydrogen) atoms. The zero-order valence-electron chi connectivity index (χ0n) is 14.2. The maximum absolute atomic E-state index is 12.7. The van der Waals surface area contributed by atoms with Crippen LogP contribution in [0.4, 0.5) is 0 Å². The van der Waals surface area contributed by atoms with Gasteiger partial charge in [-0.1, -0.05) is 77.7 Å². The predicted molar refractivity (Wildman–Crippen MR) is 112 cm³/mol. The summed E-state index contributed by atoms with van der Waals surface area (Å²) in [6.07, 6.45) is 3.48. The summed E-state index contributed by atoms with van der Waals surface area (Å²) in [7, 11) is 0. The van der Waals surface area contributed by atoms with E-state index in [0.717, 1.165) is 0 Å². The second-order valence-electron chi connectivity index (χ2n) is 7.00. The normalized spacial score (nSPS) is 21.6. The molecule has 0 saturated heterocycles. The Morgan fingerprint density at radius 3 is 2.52 bits per heavy atom. The maximum Gasteiger partial charge on any atom is 0.291 e. The summed E-state index contributed by atoms with van der Waals surface area (Å²) in [4.78, 5) is 17.8. The van der Waals surface area contributed by atoms with Gasteiger partial charge >= 0.3 is 0 Å². The SMILES string of the molecule is CC1(C)[C@H](C=C(Cl)Cl)[C@@H]1c1nc2s/c(=C\c3c(Cl)cccc3Cl)c(=O)n2n1. The molecule has 9 heteroatoms. The largest absolute Gasteiger partial charge is 0.291 e. The van der Waals surface area contributed by atoms with Crippen molar-refractivity contribution < 1.29 is 0 Å². The Kier molecular flexibility index (Phi) is 4.80. The summed E-state index contributed by atoms with van der Waals surface area (Å²) in [6.45, 7) is 4.20. The monoisotopic (exact) mass is 459 g/mol. The Balaban J connectivity index is 1.77. The smallest absolute Gasteiger partial charge is 0.266 e. The number of fused-ring (bicyclic) bond motifs is 1. The van der Waals surface area contributed by atoms with E-state index < -0.39 is 0 Å². The lowest BCUT2D eigenvalue weighted by atomic mass is 10.1. The van der Waals surface area contributed by atoms with Crippen LogP contribution in [0.3, 0.4) is 0 Å². The lowest BCUT2D eigenvalue weighted by Gasteiger charge is -1.99. The van der Waals surface area contributed by atoms with Crippen LogP contribution in [-0.2, 0) is 0 Å². The van der Waals surface area contributed by atoms with Crippen LogP contribution in [-0.4, -0.2) is 14.6 Å². The van der Waals surface area contributed by atoms with E-state index in [0.29, 0.717) is 30.9 Å². The Morgan fingerprint density at radius 1 is 1.26 bits per heavy atom. The summed E-state index contributed by atoms with van der Waals surface area (Å²) in [6, 6.07) is 5.21. The third-order valence-corrected chi connectivity index (χ3v) is 6.84. The van der Waals surface area contributed by atoms with Crippen molar-refractivity contribution in [3.8, 4) is 0 Å². The molecular weight excluding hydrogens is 448 g/mol. The van der Waals surface area contributed by atoms with Gasteiger partial charge in [-0.15, -0.1) is 5.10 Å². The molecule has 3 aromatic rings. The Hall–Kier alpha value is -1.11. The minimum Gasteiger partial charge on any atom is -0.266 e. The first kappa shape index (κ1) is 19.2. The van der Waals surface area contributed by atoms with Gasteiger partial charge in [0.05, 0.1) is 4.53 Å². The molecule has 4 nitrogen and oxygen atoms in total. The predicted octanol–water partition coefficient (Wildman–Crippen LogP) is 5.06. The molecule has 2 atom stereocenters. The van der Waals surface area contributed by atoms with E-state index in [9.17, 15) is 4.79 Å². The van der Waals surface area contributed by atoms with Crippen LogP contribution in [0.5, 0.6) is 0 Å². The molecule has 1 aliphatic rings. The molecular formula is C18H13Cl4N3OS. The Bertz CT molecular complexity index is 1170. The van der Waals surface area contributed by atoms with Crippen LogP contribution in [0.1, 0.15) is 31.2 Å². The highest BCUT2D eigenvalue weighted by atomic mass is 35.5. The van der Waals surface area contributed by atoms with Crippen molar-refractivity contribution in [2.75, 3.05) is 0 Å². The zero-order valence-corrected chi connectivity index (χ0v) is 18.1. The minimum absolute atomic E-state index is 0.0604. The highest BCUT2D eigenvalue weighted by Gasteiger charge is 2.59. The van der Waals surface area contributed by atoms with Gasteiger partial charge in [0.15, 0.2) is 5.82 Å². The van der Waals surface area contributed by atoms with Crippen LogP contribution >= 0.6 is 57.7 Å².